The summed E-state index contributed by atoms with van der Waals surface area (Å²) < 4.78 is 46.1. The van der Waals surface area contributed by atoms with Crippen molar-refractivity contribution >= 4 is 11.6 Å². The minimum atomic E-state index is -4.75. The van der Waals surface area contributed by atoms with Crippen molar-refractivity contribution in [1.82, 2.24) is 10.1 Å². The number of benzene rings is 2. The van der Waals surface area contributed by atoms with Gasteiger partial charge in [0.05, 0.1) is 5.92 Å². The summed E-state index contributed by atoms with van der Waals surface area (Å²) in [5.74, 6) is -0.0537. The Balaban J connectivity index is 1.52. The van der Waals surface area contributed by atoms with Gasteiger partial charge in [-0.1, -0.05) is 22.9 Å². The van der Waals surface area contributed by atoms with Crippen LogP contribution in [0.5, 0.6) is 5.75 Å². The first-order valence-corrected chi connectivity index (χ1v) is 9.69. The van der Waals surface area contributed by atoms with Gasteiger partial charge in [-0.15, -0.1) is 13.2 Å². The van der Waals surface area contributed by atoms with Gasteiger partial charge in [0.2, 0.25) is 17.6 Å². The van der Waals surface area contributed by atoms with Crippen LogP contribution in [0.3, 0.4) is 0 Å². The van der Waals surface area contributed by atoms with E-state index < -0.39 is 6.36 Å². The number of carbonyl (C=O) groups excluding carboxylic acids is 1. The van der Waals surface area contributed by atoms with Gasteiger partial charge in [0.15, 0.2) is 0 Å². The van der Waals surface area contributed by atoms with Crippen molar-refractivity contribution in [2.75, 3.05) is 11.4 Å². The summed E-state index contributed by atoms with van der Waals surface area (Å²) in [7, 11) is 0. The van der Waals surface area contributed by atoms with Crippen molar-refractivity contribution in [3.05, 3.63) is 59.0 Å². The van der Waals surface area contributed by atoms with Gasteiger partial charge in [-0.2, -0.15) is 4.98 Å². The maximum absolute atomic E-state index is 12.7. The molecule has 0 bridgehead atoms. The Morgan fingerprint density at radius 3 is 2.35 bits per heavy atom. The Hall–Kier alpha value is -3.36. The van der Waals surface area contributed by atoms with Crippen molar-refractivity contribution in [2.24, 2.45) is 0 Å². The summed E-state index contributed by atoms with van der Waals surface area (Å²) in [6.07, 6.45) is -4.51. The Bertz CT molecular complexity index is 1100. The molecule has 0 saturated carbocycles. The predicted octanol–water partition coefficient (Wildman–Crippen LogP) is 5.08. The summed E-state index contributed by atoms with van der Waals surface area (Å²) in [6, 6.07) is 9.28. The van der Waals surface area contributed by atoms with Gasteiger partial charge in [-0.3, -0.25) is 4.79 Å². The number of carbonyl (C=O) groups is 1. The Morgan fingerprint density at radius 2 is 1.74 bits per heavy atom. The molecule has 9 heteroatoms. The lowest BCUT2D eigenvalue weighted by atomic mass is 10.0. The second-order valence-electron chi connectivity index (χ2n) is 7.68. The van der Waals surface area contributed by atoms with Crippen LogP contribution in [0.25, 0.3) is 11.4 Å². The maximum atomic E-state index is 12.7. The summed E-state index contributed by atoms with van der Waals surface area (Å²) in [5.41, 5.74) is 4.57. The first-order chi connectivity index (χ1) is 14.6. The first-order valence-electron chi connectivity index (χ1n) is 9.69. The van der Waals surface area contributed by atoms with E-state index in [0.717, 1.165) is 22.4 Å². The third-order valence-corrected chi connectivity index (χ3v) is 5.17. The van der Waals surface area contributed by atoms with Crippen molar-refractivity contribution in [3.8, 4) is 17.1 Å². The van der Waals surface area contributed by atoms with Crippen LogP contribution < -0.4 is 9.64 Å². The van der Waals surface area contributed by atoms with E-state index in [1.807, 2.05) is 32.9 Å². The number of aryl methyl sites for hydroxylation is 3. The standard InChI is InChI=1S/C22H20F3N3O3/c1-12-8-13(2)19(14(3)9-12)28-11-16(10-18(28)29)21-26-20(27-31-21)15-4-6-17(7-5-15)30-22(23,24)25/h4-9,16H,10-11H2,1-3H3. The molecule has 1 aliphatic heterocycles. The highest BCUT2D eigenvalue weighted by Crippen LogP contribution is 2.36. The molecule has 1 amide bonds. The number of rotatable bonds is 4. The molecule has 2 heterocycles. The molecule has 1 fully saturated rings. The highest BCUT2D eigenvalue weighted by Gasteiger charge is 2.36. The zero-order valence-electron chi connectivity index (χ0n) is 17.2. The van der Waals surface area contributed by atoms with Crippen LogP contribution in [-0.4, -0.2) is 29.0 Å². The second kappa shape index (κ2) is 7.72. The van der Waals surface area contributed by atoms with Gasteiger partial charge in [-0.05, 0) is 56.2 Å². The largest absolute Gasteiger partial charge is 0.573 e. The van der Waals surface area contributed by atoms with Gasteiger partial charge >= 0.3 is 6.36 Å². The van der Waals surface area contributed by atoms with Gasteiger partial charge in [0, 0.05) is 24.2 Å². The van der Waals surface area contributed by atoms with Gasteiger partial charge in [0.25, 0.3) is 0 Å². The maximum Gasteiger partial charge on any atom is 0.573 e. The van der Waals surface area contributed by atoms with Crippen molar-refractivity contribution in [3.63, 3.8) is 0 Å². The SMILES string of the molecule is Cc1cc(C)c(N2CC(c3nc(-c4ccc(OC(F)(F)F)cc4)no3)CC2=O)c(C)c1. The molecule has 0 aliphatic carbocycles. The number of nitrogens with zero attached hydrogens (tertiary/aromatic N) is 3. The van der Waals surface area contributed by atoms with E-state index in [2.05, 4.69) is 14.9 Å². The molecule has 6 nitrogen and oxygen atoms in total. The number of amides is 1. The average molecular weight is 431 g/mol. The molecule has 1 aromatic heterocycles. The summed E-state index contributed by atoms with van der Waals surface area (Å²) in [4.78, 5) is 18.8. The first kappa shape index (κ1) is 20.9. The number of anilines is 1. The van der Waals surface area contributed by atoms with Crippen molar-refractivity contribution in [2.45, 2.75) is 39.5 Å². The molecule has 3 aromatic rings. The fraction of sp³-hybridized carbons (Fsp3) is 0.318. The summed E-state index contributed by atoms with van der Waals surface area (Å²) in [5, 5.41) is 3.93. The lowest BCUT2D eigenvalue weighted by Crippen LogP contribution is -2.26. The molecule has 0 N–H and O–H groups in total. The van der Waals surface area contributed by atoms with Crippen LogP contribution in [-0.2, 0) is 4.79 Å². The predicted molar refractivity (Wildman–Crippen MR) is 107 cm³/mol. The van der Waals surface area contributed by atoms with Crippen LogP contribution in [0.2, 0.25) is 0 Å². The zero-order chi connectivity index (χ0) is 22.3. The van der Waals surface area contributed by atoms with Crippen LogP contribution in [0.15, 0.2) is 40.9 Å². The molecule has 162 valence electrons. The number of alkyl halides is 3. The van der Waals surface area contributed by atoms with Crippen LogP contribution >= 0.6 is 0 Å². The fourth-order valence-electron chi connectivity index (χ4n) is 4.01. The monoisotopic (exact) mass is 431 g/mol. The normalized spacial score (nSPS) is 16.8. The van der Waals surface area contributed by atoms with E-state index in [9.17, 15) is 18.0 Å². The summed E-state index contributed by atoms with van der Waals surface area (Å²) >= 11 is 0. The lowest BCUT2D eigenvalue weighted by molar-refractivity contribution is -0.274. The molecular formula is C22H20F3N3O3. The third kappa shape index (κ3) is 4.40. The zero-order valence-corrected chi connectivity index (χ0v) is 17.2. The molecule has 31 heavy (non-hydrogen) atoms. The molecule has 2 aromatic carbocycles. The average Bonchev–Trinajstić information content (AvgIpc) is 3.28. The highest BCUT2D eigenvalue weighted by atomic mass is 19.4. The lowest BCUT2D eigenvalue weighted by Gasteiger charge is -2.21. The van der Waals surface area contributed by atoms with E-state index in [1.165, 1.54) is 24.3 Å². The van der Waals surface area contributed by atoms with E-state index in [0.29, 0.717) is 18.0 Å². The smallest absolute Gasteiger partial charge is 0.406 e. The molecular weight excluding hydrogens is 411 g/mol. The third-order valence-electron chi connectivity index (χ3n) is 5.17. The van der Waals surface area contributed by atoms with Crippen molar-refractivity contribution < 1.29 is 27.2 Å². The Labute approximate surface area is 176 Å². The minimum absolute atomic E-state index is 0.0199. The number of hydrogen-bond donors (Lipinski definition) is 0. The van der Waals surface area contributed by atoms with Gasteiger partial charge in [0.1, 0.15) is 5.75 Å². The van der Waals surface area contributed by atoms with Crippen LogP contribution in [0, 0.1) is 20.8 Å². The molecule has 1 saturated heterocycles. The number of halogens is 3. The molecule has 0 radical (unpaired) electrons. The molecule has 1 aliphatic rings. The molecule has 0 spiro atoms. The highest BCUT2D eigenvalue weighted by molar-refractivity contribution is 5.97. The second-order valence-corrected chi connectivity index (χ2v) is 7.68. The van der Waals surface area contributed by atoms with Crippen molar-refractivity contribution in [1.29, 1.82) is 0 Å². The van der Waals surface area contributed by atoms with E-state index >= 15 is 0 Å². The van der Waals surface area contributed by atoms with Crippen LogP contribution in [0.1, 0.15) is 34.9 Å². The van der Waals surface area contributed by atoms with E-state index in [4.69, 9.17) is 4.52 Å². The van der Waals surface area contributed by atoms with E-state index in [1.54, 1.807) is 4.90 Å². The number of ether oxygens (including phenoxy) is 1. The molecule has 1 unspecified atom stereocenters. The van der Waals surface area contributed by atoms with Gasteiger partial charge < -0.3 is 14.2 Å². The molecule has 4 rings (SSSR count). The van der Waals surface area contributed by atoms with Crippen LogP contribution in [0.4, 0.5) is 18.9 Å². The number of aromatic nitrogens is 2. The van der Waals surface area contributed by atoms with Gasteiger partial charge in [-0.25, -0.2) is 0 Å². The van der Waals surface area contributed by atoms with E-state index in [-0.39, 0.29) is 29.8 Å². The minimum Gasteiger partial charge on any atom is -0.406 e. The number of hydrogen-bond acceptors (Lipinski definition) is 5. The quantitative estimate of drug-likeness (QED) is 0.576. The Kier molecular flexibility index (Phi) is 5.20. The molecule has 1 atom stereocenters. The topological polar surface area (TPSA) is 68.5 Å². The fourth-order valence-corrected chi connectivity index (χ4v) is 4.01. The Morgan fingerprint density at radius 1 is 1.10 bits per heavy atom. The summed E-state index contributed by atoms with van der Waals surface area (Å²) in [6.45, 7) is 6.39.